The molecule has 1 N–H and O–H groups in total. The van der Waals surface area contributed by atoms with Crippen molar-refractivity contribution in [3.63, 3.8) is 0 Å². The molecule has 0 aliphatic heterocycles. The average molecular weight is 205 g/mol. The quantitative estimate of drug-likeness (QED) is 0.817. The number of methoxy groups -OCH3 is 1. The molecule has 0 radical (unpaired) electrons. The van der Waals surface area contributed by atoms with E-state index in [0.29, 0.717) is 6.04 Å². The van der Waals surface area contributed by atoms with E-state index in [-0.39, 0.29) is 0 Å². The molecule has 2 atom stereocenters. The summed E-state index contributed by atoms with van der Waals surface area (Å²) in [5.74, 6) is 1.79. The summed E-state index contributed by atoms with van der Waals surface area (Å²) in [5.41, 5.74) is 1.17. The second-order valence-corrected chi connectivity index (χ2v) is 4.49. The van der Waals surface area contributed by atoms with E-state index in [0.717, 1.165) is 11.7 Å². The zero-order valence-corrected chi connectivity index (χ0v) is 9.49. The molecular weight excluding hydrogens is 186 g/mol. The molecule has 0 aromatic heterocycles. The van der Waals surface area contributed by atoms with Gasteiger partial charge in [-0.3, -0.25) is 0 Å². The van der Waals surface area contributed by atoms with Crippen molar-refractivity contribution >= 4 is 5.69 Å². The number of rotatable bonds is 3. The molecule has 1 aromatic rings. The van der Waals surface area contributed by atoms with Crippen molar-refractivity contribution in [1.82, 2.24) is 0 Å². The first-order valence-electron chi connectivity index (χ1n) is 5.68. The maximum absolute atomic E-state index is 5.20. The fraction of sp³-hybridized carbons (Fsp3) is 0.538. The maximum Gasteiger partial charge on any atom is 0.120 e. The van der Waals surface area contributed by atoms with Crippen molar-refractivity contribution in [2.75, 3.05) is 12.4 Å². The van der Waals surface area contributed by atoms with Crippen molar-refractivity contribution in [1.29, 1.82) is 0 Å². The Morgan fingerprint density at radius 1 is 1.33 bits per heavy atom. The van der Waals surface area contributed by atoms with E-state index >= 15 is 0 Å². The first kappa shape index (κ1) is 10.3. The molecule has 1 saturated carbocycles. The largest absolute Gasteiger partial charge is 0.497 e. The van der Waals surface area contributed by atoms with Gasteiger partial charge in [0, 0.05) is 17.8 Å². The van der Waals surface area contributed by atoms with Gasteiger partial charge in [-0.1, -0.05) is 13.0 Å². The van der Waals surface area contributed by atoms with E-state index in [1.807, 2.05) is 12.1 Å². The van der Waals surface area contributed by atoms with Gasteiger partial charge in [0.05, 0.1) is 7.11 Å². The second-order valence-electron chi connectivity index (χ2n) is 4.49. The Kier molecular flexibility index (Phi) is 3.14. The summed E-state index contributed by atoms with van der Waals surface area (Å²) in [7, 11) is 1.71. The van der Waals surface area contributed by atoms with Crippen LogP contribution in [0.2, 0.25) is 0 Å². The van der Waals surface area contributed by atoms with E-state index in [9.17, 15) is 0 Å². The van der Waals surface area contributed by atoms with Gasteiger partial charge in [0.15, 0.2) is 0 Å². The topological polar surface area (TPSA) is 21.3 Å². The minimum atomic E-state index is 0.645. The molecule has 0 unspecified atom stereocenters. The Morgan fingerprint density at radius 3 is 2.87 bits per heavy atom. The predicted molar refractivity (Wildman–Crippen MR) is 63.4 cm³/mol. The van der Waals surface area contributed by atoms with Gasteiger partial charge in [0.25, 0.3) is 0 Å². The minimum Gasteiger partial charge on any atom is -0.497 e. The monoisotopic (exact) mass is 205 g/mol. The van der Waals surface area contributed by atoms with Crippen LogP contribution in [0.15, 0.2) is 24.3 Å². The third-order valence-electron chi connectivity index (χ3n) is 3.14. The molecule has 0 heterocycles. The summed E-state index contributed by atoms with van der Waals surface area (Å²) < 4.78 is 5.20. The van der Waals surface area contributed by atoms with Crippen molar-refractivity contribution in [3.8, 4) is 5.75 Å². The van der Waals surface area contributed by atoms with Crippen LogP contribution >= 0.6 is 0 Å². The molecule has 82 valence electrons. The zero-order chi connectivity index (χ0) is 10.7. The molecule has 0 spiro atoms. The highest BCUT2D eigenvalue weighted by Crippen LogP contribution is 2.28. The number of anilines is 1. The summed E-state index contributed by atoms with van der Waals surface area (Å²) in [6.07, 6.45) is 3.93. The zero-order valence-electron chi connectivity index (χ0n) is 9.49. The van der Waals surface area contributed by atoms with Crippen LogP contribution in [0.4, 0.5) is 5.69 Å². The lowest BCUT2D eigenvalue weighted by Gasteiger charge is -2.14. The summed E-state index contributed by atoms with van der Waals surface area (Å²) in [4.78, 5) is 0. The van der Waals surface area contributed by atoms with Gasteiger partial charge in [-0.05, 0) is 37.3 Å². The third kappa shape index (κ3) is 2.65. The standard InChI is InChI=1S/C13H19NO/c1-10-6-7-12(8-10)14-11-4-3-5-13(9-11)15-2/h3-5,9-10,12,14H,6-8H2,1-2H3/t10-,12-/m0/s1. The van der Waals surface area contributed by atoms with Crippen LogP contribution in [0, 0.1) is 5.92 Å². The van der Waals surface area contributed by atoms with Crippen LogP contribution in [-0.4, -0.2) is 13.2 Å². The number of ether oxygens (including phenoxy) is 1. The van der Waals surface area contributed by atoms with Gasteiger partial charge in [-0.15, -0.1) is 0 Å². The van der Waals surface area contributed by atoms with Gasteiger partial charge in [-0.25, -0.2) is 0 Å². The summed E-state index contributed by atoms with van der Waals surface area (Å²) in [5, 5.41) is 3.57. The minimum absolute atomic E-state index is 0.645. The molecule has 2 heteroatoms. The van der Waals surface area contributed by atoms with Crippen LogP contribution in [0.25, 0.3) is 0 Å². The molecule has 0 saturated heterocycles. The van der Waals surface area contributed by atoms with Gasteiger partial charge >= 0.3 is 0 Å². The number of hydrogen-bond donors (Lipinski definition) is 1. The van der Waals surface area contributed by atoms with Crippen molar-refractivity contribution in [2.45, 2.75) is 32.2 Å². The SMILES string of the molecule is COc1cccc(N[C@H]2CC[C@H](C)C2)c1. The summed E-state index contributed by atoms with van der Waals surface area (Å²) >= 11 is 0. The third-order valence-corrected chi connectivity index (χ3v) is 3.14. The molecule has 0 bridgehead atoms. The second kappa shape index (κ2) is 4.56. The van der Waals surface area contributed by atoms with Crippen LogP contribution in [0.5, 0.6) is 5.75 Å². The van der Waals surface area contributed by atoms with Gasteiger partial charge in [-0.2, -0.15) is 0 Å². The normalized spacial score (nSPS) is 25.2. The highest BCUT2D eigenvalue weighted by Gasteiger charge is 2.20. The molecule has 1 fully saturated rings. The molecule has 1 aliphatic carbocycles. The van der Waals surface area contributed by atoms with Crippen molar-refractivity contribution in [2.24, 2.45) is 5.92 Å². The first-order valence-corrected chi connectivity index (χ1v) is 5.68. The highest BCUT2D eigenvalue weighted by atomic mass is 16.5. The highest BCUT2D eigenvalue weighted by molar-refractivity contribution is 5.48. The molecule has 1 aliphatic rings. The average Bonchev–Trinajstić information content (AvgIpc) is 2.64. The van der Waals surface area contributed by atoms with Crippen LogP contribution in [0.3, 0.4) is 0 Å². The van der Waals surface area contributed by atoms with E-state index in [1.54, 1.807) is 7.11 Å². The Labute approximate surface area is 91.6 Å². The summed E-state index contributed by atoms with van der Waals surface area (Å²) in [6.45, 7) is 2.33. The van der Waals surface area contributed by atoms with Gasteiger partial charge < -0.3 is 10.1 Å². The Balaban J connectivity index is 1.98. The fourth-order valence-corrected chi connectivity index (χ4v) is 2.29. The molecule has 2 nitrogen and oxygen atoms in total. The first-order chi connectivity index (χ1) is 7.28. The van der Waals surface area contributed by atoms with Crippen LogP contribution < -0.4 is 10.1 Å². The number of hydrogen-bond acceptors (Lipinski definition) is 2. The van der Waals surface area contributed by atoms with Gasteiger partial charge in [0.1, 0.15) is 5.75 Å². The Hall–Kier alpha value is -1.18. The Bertz CT molecular complexity index is 324. The predicted octanol–water partition coefficient (Wildman–Crippen LogP) is 3.30. The molecule has 1 aromatic carbocycles. The van der Waals surface area contributed by atoms with Crippen molar-refractivity contribution < 1.29 is 4.74 Å². The Morgan fingerprint density at radius 2 is 2.20 bits per heavy atom. The van der Waals surface area contributed by atoms with E-state index in [4.69, 9.17) is 4.74 Å². The number of benzene rings is 1. The molecule has 15 heavy (non-hydrogen) atoms. The summed E-state index contributed by atoms with van der Waals surface area (Å²) in [6, 6.07) is 8.81. The molecule has 0 amide bonds. The van der Waals surface area contributed by atoms with Crippen molar-refractivity contribution in [3.05, 3.63) is 24.3 Å². The van der Waals surface area contributed by atoms with Crippen LogP contribution in [-0.2, 0) is 0 Å². The molecule has 2 rings (SSSR count). The lowest BCUT2D eigenvalue weighted by Crippen LogP contribution is -2.15. The fourth-order valence-electron chi connectivity index (χ4n) is 2.29. The van der Waals surface area contributed by atoms with E-state index < -0.39 is 0 Å². The molecular formula is C13H19NO. The maximum atomic E-state index is 5.20. The van der Waals surface area contributed by atoms with E-state index in [2.05, 4.69) is 24.4 Å². The lowest BCUT2D eigenvalue weighted by molar-refractivity contribution is 0.415. The van der Waals surface area contributed by atoms with Crippen LogP contribution in [0.1, 0.15) is 26.2 Å². The lowest BCUT2D eigenvalue weighted by atomic mass is 10.1. The smallest absolute Gasteiger partial charge is 0.120 e. The van der Waals surface area contributed by atoms with E-state index in [1.165, 1.54) is 24.9 Å². The van der Waals surface area contributed by atoms with Gasteiger partial charge in [0.2, 0.25) is 0 Å². The number of nitrogens with one attached hydrogen (secondary N) is 1.